The number of nitrogens with zero attached hydrogens (tertiary/aromatic N) is 2. The maximum Gasteiger partial charge on any atom is 0.212 e. The van der Waals surface area contributed by atoms with Crippen molar-refractivity contribution in [2.45, 2.75) is 6.54 Å². The fraction of sp³-hybridized carbons (Fsp3) is 0.0312. The molecule has 0 saturated heterocycles. The molecule has 3 heteroatoms. The summed E-state index contributed by atoms with van der Waals surface area (Å²) in [5.74, 6) is 0.294. The van der Waals surface area contributed by atoms with Crippen molar-refractivity contribution in [3.63, 3.8) is 0 Å². The third kappa shape index (κ3) is 3.87. The Morgan fingerprint density at radius 2 is 1.26 bits per heavy atom. The Morgan fingerprint density at radius 1 is 0.629 bits per heavy atom. The maximum atomic E-state index is 11.5. The topological polar surface area (TPSA) is 28.5 Å². The number of fused-ring (bicyclic) bond motifs is 1. The van der Waals surface area contributed by atoms with Crippen LogP contribution in [-0.4, -0.2) is 9.51 Å². The lowest BCUT2D eigenvalue weighted by atomic mass is 10.0. The van der Waals surface area contributed by atoms with Gasteiger partial charge in [0.05, 0.1) is 16.8 Å². The van der Waals surface area contributed by atoms with Crippen LogP contribution in [0.1, 0.15) is 5.56 Å². The van der Waals surface area contributed by atoms with Gasteiger partial charge in [0.15, 0.2) is 12.7 Å². The van der Waals surface area contributed by atoms with Gasteiger partial charge in [-0.3, -0.25) is 0 Å². The summed E-state index contributed by atoms with van der Waals surface area (Å²) in [7, 11) is 0. The van der Waals surface area contributed by atoms with Crippen LogP contribution in [0.2, 0.25) is 0 Å². The number of aromatic nitrogens is 2. The highest BCUT2D eigenvalue weighted by molar-refractivity contribution is 5.94. The van der Waals surface area contributed by atoms with Gasteiger partial charge in [0.25, 0.3) is 0 Å². The summed E-state index contributed by atoms with van der Waals surface area (Å²) in [5.41, 5.74) is 8.08. The van der Waals surface area contributed by atoms with E-state index < -0.39 is 0 Å². The predicted molar refractivity (Wildman–Crippen MR) is 141 cm³/mol. The summed E-state index contributed by atoms with van der Waals surface area (Å²) in [6.07, 6.45) is 4.17. The Kier molecular flexibility index (Phi) is 5.36. The van der Waals surface area contributed by atoms with Gasteiger partial charge in [-0.2, -0.15) is 4.57 Å². The van der Waals surface area contributed by atoms with E-state index >= 15 is 0 Å². The summed E-state index contributed by atoms with van der Waals surface area (Å²) in [6.45, 7) is 0.777. The summed E-state index contributed by atoms with van der Waals surface area (Å²) in [4.78, 5) is 0. The van der Waals surface area contributed by atoms with E-state index in [1.54, 1.807) is 0 Å². The molecule has 3 aromatic heterocycles. The molecule has 1 N–H and O–H groups in total. The molecule has 3 heterocycles. The maximum absolute atomic E-state index is 11.5. The summed E-state index contributed by atoms with van der Waals surface area (Å²) >= 11 is 0. The van der Waals surface area contributed by atoms with Crippen molar-refractivity contribution in [1.29, 1.82) is 0 Å². The van der Waals surface area contributed by atoms with Crippen LogP contribution in [0.5, 0.6) is 5.75 Å². The van der Waals surface area contributed by atoms with Crippen LogP contribution in [0.3, 0.4) is 0 Å². The van der Waals surface area contributed by atoms with Crippen molar-refractivity contribution in [2.75, 3.05) is 0 Å². The van der Waals surface area contributed by atoms with E-state index in [9.17, 15) is 5.11 Å². The average molecular weight is 454 g/mol. The van der Waals surface area contributed by atoms with Gasteiger partial charge in [0, 0.05) is 29.5 Å². The first-order chi connectivity index (χ1) is 17.3. The van der Waals surface area contributed by atoms with Crippen LogP contribution >= 0.6 is 0 Å². The molecule has 0 bridgehead atoms. The smallest absolute Gasteiger partial charge is 0.212 e. The molecule has 0 amide bonds. The minimum Gasteiger partial charge on any atom is -0.505 e. The number of aromatic hydroxyl groups is 1. The van der Waals surface area contributed by atoms with Gasteiger partial charge in [-0.15, -0.1) is 0 Å². The monoisotopic (exact) mass is 453 g/mol. The van der Waals surface area contributed by atoms with Gasteiger partial charge in [0.2, 0.25) is 5.69 Å². The number of rotatable bonds is 5. The van der Waals surface area contributed by atoms with E-state index in [0.717, 1.165) is 45.7 Å². The zero-order chi connectivity index (χ0) is 23.6. The summed E-state index contributed by atoms with van der Waals surface area (Å²) in [6, 6.07) is 41.3. The molecular weight excluding hydrogens is 428 g/mol. The molecule has 0 saturated carbocycles. The van der Waals surface area contributed by atoms with Gasteiger partial charge in [0.1, 0.15) is 5.75 Å². The van der Waals surface area contributed by atoms with E-state index in [1.165, 1.54) is 5.56 Å². The zero-order valence-electron chi connectivity index (χ0n) is 19.3. The molecule has 0 unspecified atom stereocenters. The second-order valence-electron chi connectivity index (χ2n) is 8.67. The first-order valence-corrected chi connectivity index (χ1v) is 11.8. The van der Waals surface area contributed by atoms with E-state index in [-0.39, 0.29) is 0 Å². The highest BCUT2D eigenvalue weighted by Crippen LogP contribution is 2.44. The Labute approximate surface area is 204 Å². The third-order valence-corrected chi connectivity index (χ3v) is 6.45. The molecule has 0 fully saturated rings. The molecular formula is C32H25N2O+. The molecule has 6 rings (SSSR count). The van der Waals surface area contributed by atoms with Crippen molar-refractivity contribution >= 4 is 5.52 Å². The molecule has 0 aliphatic heterocycles. The van der Waals surface area contributed by atoms with Gasteiger partial charge in [-0.25, -0.2) is 0 Å². The first-order valence-electron chi connectivity index (χ1n) is 11.8. The molecule has 3 aromatic carbocycles. The van der Waals surface area contributed by atoms with E-state index in [2.05, 4.69) is 88.1 Å². The molecule has 0 radical (unpaired) electrons. The minimum atomic E-state index is 0.294. The summed E-state index contributed by atoms with van der Waals surface area (Å²) in [5, 5.41) is 11.5. The van der Waals surface area contributed by atoms with Crippen LogP contribution in [-0.2, 0) is 6.54 Å². The lowest BCUT2D eigenvalue weighted by Crippen LogP contribution is -2.36. The minimum absolute atomic E-state index is 0.294. The Balaban J connectivity index is 1.55. The van der Waals surface area contributed by atoms with Crippen LogP contribution in [0.4, 0.5) is 0 Å². The quantitative estimate of drug-likeness (QED) is 0.280. The molecule has 0 aliphatic carbocycles. The molecule has 6 aromatic rings. The molecule has 168 valence electrons. The van der Waals surface area contributed by atoms with Gasteiger partial charge in [-0.1, -0.05) is 91.0 Å². The van der Waals surface area contributed by atoms with Crippen LogP contribution in [0.15, 0.2) is 134 Å². The second kappa shape index (κ2) is 8.96. The fourth-order valence-electron chi connectivity index (χ4n) is 4.81. The molecule has 0 aliphatic rings. The largest absolute Gasteiger partial charge is 0.505 e. The SMILES string of the molecule is Oc1c(-c2ccccc2)c(-c2ccccc2)n2ccc(-c3cccc[n+]3Cc3ccccc3)cc12. The van der Waals surface area contributed by atoms with Crippen molar-refractivity contribution in [3.8, 4) is 39.4 Å². The van der Waals surface area contributed by atoms with E-state index in [4.69, 9.17) is 0 Å². The van der Waals surface area contributed by atoms with Crippen molar-refractivity contribution in [3.05, 3.63) is 139 Å². The Morgan fingerprint density at radius 3 is 1.97 bits per heavy atom. The van der Waals surface area contributed by atoms with Crippen LogP contribution in [0.25, 0.3) is 39.2 Å². The number of benzene rings is 3. The number of pyridine rings is 2. The van der Waals surface area contributed by atoms with E-state index in [1.807, 2.05) is 54.6 Å². The number of hydrogen-bond donors (Lipinski definition) is 1. The van der Waals surface area contributed by atoms with E-state index in [0.29, 0.717) is 5.75 Å². The van der Waals surface area contributed by atoms with Crippen molar-refractivity contribution < 1.29 is 9.67 Å². The first kappa shape index (κ1) is 20.9. The second-order valence-corrected chi connectivity index (χ2v) is 8.67. The lowest BCUT2D eigenvalue weighted by Gasteiger charge is -2.08. The van der Waals surface area contributed by atoms with Crippen LogP contribution < -0.4 is 4.57 Å². The molecule has 3 nitrogen and oxygen atoms in total. The Hall–Kier alpha value is -4.63. The third-order valence-electron chi connectivity index (χ3n) is 6.45. The predicted octanol–water partition coefficient (Wildman–Crippen LogP) is 6.98. The Bertz CT molecular complexity index is 1600. The number of hydrogen-bond acceptors (Lipinski definition) is 1. The highest BCUT2D eigenvalue weighted by Gasteiger charge is 2.22. The molecule has 35 heavy (non-hydrogen) atoms. The lowest BCUT2D eigenvalue weighted by molar-refractivity contribution is -0.677. The summed E-state index contributed by atoms with van der Waals surface area (Å²) < 4.78 is 4.35. The zero-order valence-corrected chi connectivity index (χ0v) is 19.3. The fourth-order valence-corrected chi connectivity index (χ4v) is 4.81. The van der Waals surface area contributed by atoms with Gasteiger partial charge in [-0.05, 0) is 29.3 Å². The van der Waals surface area contributed by atoms with Crippen LogP contribution in [0, 0.1) is 0 Å². The molecule has 0 spiro atoms. The van der Waals surface area contributed by atoms with Gasteiger partial charge >= 0.3 is 0 Å². The molecule has 0 atom stereocenters. The van der Waals surface area contributed by atoms with Crippen molar-refractivity contribution in [2.24, 2.45) is 0 Å². The van der Waals surface area contributed by atoms with Gasteiger partial charge < -0.3 is 9.51 Å². The highest BCUT2D eigenvalue weighted by atomic mass is 16.3. The van der Waals surface area contributed by atoms with Crippen molar-refractivity contribution in [1.82, 2.24) is 4.40 Å². The normalized spacial score (nSPS) is 11.1. The standard InChI is InChI=1S/C32H24N2O/c35-32-29-22-27(28-18-10-11-20-33(28)23-24-12-4-1-5-13-24)19-21-34(29)31(26-16-8-3-9-17-26)30(32)25-14-6-2-7-15-25/h1-22H,23H2/p+1. The average Bonchev–Trinajstić information content (AvgIpc) is 3.22.